The smallest absolute Gasteiger partial charge is 0.320 e. The average Bonchev–Trinajstić information content (AvgIpc) is 3.02. The van der Waals surface area contributed by atoms with Gasteiger partial charge in [0.25, 0.3) is 11.8 Å². The molecule has 1 spiro atoms. The van der Waals surface area contributed by atoms with Crippen molar-refractivity contribution in [3.05, 3.63) is 0 Å². The Morgan fingerprint density at radius 1 is 1.14 bits per heavy atom. The average molecular weight is 489 g/mol. The summed E-state index contributed by atoms with van der Waals surface area (Å²) in [5.74, 6) is -1.62. The lowest BCUT2D eigenvalue weighted by atomic mass is 9.77. The summed E-state index contributed by atoms with van der Waals surface area (Å²) < 4.78 is 6.52. The minimum atomic E-state index is -1.51. The lowest BCUT2D eigenvalue weighted by Gasteiger charge is -2.50. The van der Waals surface area contributed by atoms with Gasteiger partial charge in [-0.05, 0) is 45.2 Å². The molecule has 4 rings (SSSR count). The number of fused-ring (bicyclic) bond motifs is 2. The highest BCUT2D eigenvalue weighted by Crippen LogP contribution is 2.44. The molecule has 1 saturated carbocycles. The van der Waals surface area contributed by atoms with Crippen LogP contribution in [-0.2, 0) is 14.3 Å². The molecule has 3 aliphatic heterocycles. The van der Waals surface area contributed by atoms with Gasteiger partial charge in [-0.15, -0.1) is 0 Å². The normalized spacial score (nSPS) is 34.1. The molecule has 1 saturated heterocycles. The number of ether oxygens (including phenoxy) is 1. The molecule has 10 heteroatoms. The maximum absolute atomic E-state index is 13.7. The van der Waals surface area contributed by atoms with Crippen molar-refractivity contribution in [2.45, 2.75) is 85.5 Å². The number of amidine groups is 1. The van der Waals surface area contributed by atoms with Crippen LogP contribution in [0.25, 0.3) is 0 Å². The highest BCUT2D eigenvalue weighted by Gasteiger charge is 2.64. The second-order valence-electron chi connectivity index (χ2n) is 11.2. The first kappa shape index (κ1) is 25.8. The molecular weight excluding hydrogens is 448 g/mol. The fourth-order valence-corrected chi connectivity index (χ4v) is 6.09. The van der Waals surface area contributed by atoms with Gasteiger partial charge in [0.1, 0.15) is 11.6 Å². The molecule has 5 atom stereocenters. The Hall–Kier alpha value is -2.33. The van der Waals surface area contributed by atoms with Gasteiger partial charge in [-0.3, -0.25) is 14.5 Å². The zero-order chi connectivity index (χ0) is 25.7. The number of amides is 4. The Labute approximate surface area is 208 Å². The minimum absolute atomic E-state index is 0.102. The van der Waals surface area contributed by atoms with E-state index >= 15 is 0 Å². The number of aliphatic imine (C=N–C) groups is 1. The van der Waals surface area contributed by atoms with Crippen molar-refractivity contribution in [3.63, 3.8) is 0 Å². The third kappa shape index (κ3) is 4.08. The summed E-state index contributed by atoms with van der Waals surface area (Å²) in [5.41, 5.74) is -1.54. The number of nitrogens with zero attached hydrogens (tertiary/aromatic N) is 5. The molecule has 35 heavy (non-hydrogen) atoms. The summed E-state index contributed by atoms with van der Waals surface area (Å²) in [6, 6.07) is 0.00957. The van der Waals surface area contributed by atoms with Crippen LogP contribution in [0.2, 0.25) is 0 Å². The molecule has 194 valence electrons. The quantitative estimate of drug-likeness (QED) is 0.612. The SMILES string of the molecule is CCN(CC)C1CCC(N2C(=O)NCCOC23C2=NC(=O)C(C)C(=O)N2N=C3C(C)(C)C)C(C)C1. The summed E-state index contributed by atoms with van der Waals surface area (Å²) in [4.78, 5) is 48.2. The maximum Gasteiger partial charge on any atom is 0.320 e. The number of carbonyl (C=O) groups excluding carboxylic acids is 3. The minimum Gasteiger partial charge on any atom is -0.342 e. The van der Waals surface area contributed by atoms with Crippen molar-refractivity contribution in [3.8, 4) is 0 Å². The second-order valence-corrected chi connectivity index (χ2v) is 11.2. The maximum atomic E-state index is 13.7. The highest BCUT2D eigenvalue weighted by molar-refractivity contribution is 6.29. The molecular formula is C25H40N6O4. The number of hydrogen-bond donors (Lipinski definition) is 1. The van der Waals surface area contributed by atoms with E-state index in [0.29, 0.717) is 18.3 Å². The predicted octanol–water partition coefficient (Wildman–Crippen LogP) is 2.44. The van der Waals surface area contributed by atoms with Crippen LogP contribution >= 0.6 is 0 Å². The van der Waals surface area contributed by atoms with Crippen LogP contribution in [0.1, 0.15) is 67.7 Å². The monoisotopic (exact) mass is 488 g/mol. The van der Waals surface area contributed by atoms with Crippen molar-refractivity contribution in [2.24, 2.45) is 27.3 Å². The molecule has 3 heterocycles. The van der Waals surface area contributed by atoms with Crippen molar-refractivity contribution in [1.29, 1.82) is 0 Å². The molecule has 1 N–H and O–H groups in total. The van der Waals surface area contributed by atoms with Crippen LogP contribution in [0.5, 0.6) is 0 Å². The Kier molecular flexibility index (Phi) is 6.83. The molecule has 0 bridgehead atoms. The van der Waals surface area contributed by atoms with E-state index in [0.717, 1.165) is 32.4 Å². The summed E-state index contributed by atoms with van der Waals surface area (Å²) in [6.45, 7) is 16.5. The first-order chi connectivity index (χ1) is 16.5. The Bertz CT molecular complexity index is 952. The molecule has 0 radical (unpaired) electrons. The molecule has 0 aromatic carbocycles. The molecule has 10 nitrogen and oxygen atoms in total. The van der Waals surface area contributed by atoms with E-state index in [9.17, 15) is 14.4 Å². The molecule has 4 amide bonds. The van der Waals surface area contributed by atoms with Gasteiger partial charge < -0.3 is 15.0 Å². The van der Waals surface area contributed by atoms with E-state index in [4.69, 9.17) is 9.84 Å². The standard InChI is InChI=1S/C25H40N6O4/c1-8-29(9-2)17-10-11-18(15(3)14-17)30-23(34)26-12-13-35-25(30)21(24(5,6)7)28-31-20(33)16(4)19(32)27-22(25)31/h15-18H,8-14H2,1-7H3,(H,26,34). The van der Waals surface area contributed by atoms with Gasteiger partial charge in [-0.1, -0.05) is 41.5 Å². The zero-order valence-electron chi connectivity index (χ0n) is 22.1. The number of urea groups is 1. The van der Waals surface area contributed by atoms with Crippen molar-refractivity contribution in [2.75, 3.05) is 26.2 Å². The van der Waals surface area contributed by atoms with E-state index in [1.165, 1.54) is 11.9 Å². The number of nitrogens with one attached hydrogen (secondary N) is 1. The fourth-order valence-electron chi connectivity index (χ4n) is 6.09. The molecule has 0 aromatic heterocycles. The van der Waals surface area contributed by atoms with Crippen molar-refractivity contribution < 1.29 is 19.1 Å². The second kappa shape index (κ2) is 9.28. The lowest BCUT2D eigenvalue weighted by Crippen LogP contribution is -2.70. The summed E-state index contributed by atoms with van der Waals surface area (Å²) in [7, 11) is 0. The lowest BCUT2D eigenvalue weighted by molar-refractivity contribution is -0.139. The fraction of sp³-hybridized carbons (Fsp3) is 0.800. The van der Waals surface area contributed by atoms with Crippen LogP contribution in [0.3, 0.4) is 0 Å². The Morgan fingerprint density at radius 2 is 1.83 bits per heavy atom. The largest absolute Gasteiger partial charge is 0.342 e. The van der Waals surface area contributed by atoms with Gasteiger partial charge in [-0.25, -0.2) is 4.79 Å². The first-order valence-corrected chi connectivity index (χ1v) is 13.0. The first-order valence-electron chi connectivity index (χ1n) is 13.0. The van der Waals surface area contributed by atoms with Crippen LogP contribution in [-0.4, -0.2) is 88.3 Å². The van der Waals surface area contributed by atoms with Gasteiger partial charge in [0.2, 0.25) is 5.72 Å². The molecule has 0 aromatic rings. The van der Waals surface area contributed by atoms with Gasteiger partial charge in [0.05, 0.1) is 6.61 Å². The summed E-state index contributed by atoms with van der Waals surface area (Å²) >= 11 is 0. The zero-order valence-corrected chi connectivity index (χ0v) is 22.1. The third-order valence-corrected chi connectivity index (χ3v) is 7.90. The predicted molar refractivity (Wildman–Crippen MR) is 133 cm³/mol. The third-order valence-electron chi connectivity index (χ3n) is 7.90. The molecule has 4 aliphatic rings. The highest BCUT2D eigenvalue weighted by atomic mass is 16.5. The summed E-state index contributed by atoms with van der Waals surface area (Å²) in [6.07, 6.45) is 2.67. The van der Waals surface area contributed by atoms with Crippen molar-refractivity contribution in [1.82, 2.24) is 20.1 Å². The van der Waals surface area contributed by atoms with Crippen LogP contribution in [0, 0.1) is 17.3 Å². The molecule has 5 unspecified atom stereocenters. The van der Waals surface area contributed by atoms with Gasteiger partial charge in [0, 0.05) is 24.0 Å². The van der Waals surface area contributed by atoms with Crippen LogP contribution < -0.4 is 5.32 Å². The van der Waals surface area contributed by atoms with E-state index < -0.39 is 28.9 Å². The van der Waals surface area contributed by atoms with Crippen molar-refractivity contribution >= 4 is 29.4 Å². The van der Waals surface area contributed by atoms with Gasteiger partial charge in [0.15, 0.2) is 5.84 Å². The van der Waals surface area contributed by atoms with Crippen LogP contribution in [0.15, 0.2) is 10.1 Å². The van der Waals surface area contributed by atoms with E-state index in [2.05, 4.69) is 36.0 Å². The summed E-state index contributed by atoms with van der Waals surface area (Å²) in [5, 5.41) is 8.89. The molecule has 2 fully saturated rings. The van der Waals surface area contributed by atoms with Crippen LogP contribution in [0.4, 0.5) is 4.79 Å². The number of hydrazone groups is 1. The number of rotatable bonds is 4. The van der Waals surface area contributed by atoms with Gasteiger partial charge in [-0.2, -0.15) is 15.1 Å². The number of carbonyl (C=O) groups is 3. The number of hydrogen-bond acceptors (Lipinski definition) is 6. The van der Waals surface area contributed by atoms with E-state index in [-0.39, 0.29) is 30.4 Å². The Morgan fingerprint density at radius 3 is 2.43 bits per heavy atom. The topological polar surface area (TPSA) is 107 Å². The van der Waals surface area contributed by atoms with E-state index in [1.54, 1.807) is 4.90 Å². The Balaban J connectivity index is 1.84. The van der Waals surface area contributed by atoms with Gasteiger partial charge >= 0.3 is 6.03 Å². The van der Waals surface area contributed by atoms with E-state index in [1.807, 2.05) is 20.8 Å². The molecule has 1 aliphatic carbocycles.